The van der Waals surface area contributed by atoms with Gasteiger partial charge in [-0.15, -0.1) is 0 Å². The van der Waals surface area contributed by atoms with E-state index in [9.17, 15) is 0 Å². The van der Waals surface area contributed by atoms with E-state index in [0.717, 1.165) is 55.5 Å². The lowest BCUT2D eigenvalue weighted by Gasteiger charge is -2.05. The van der Waals surface area contributed by atoms with Crippen molar-refractivity contribution in [2.75, 3.05) is 0 Å². The quantitative estimate of drug-likeness (QED) is 0.366. The monoisotopic (exact) mass is 395 g/mol. The number of nitrogens with zero attached hydrogens (tertiary/aromatic N) is 7. The summed E-state index contributed by atoms with van der Waals surface area (Å²) in [6.45, 7) is 3.90. The van der Waals surface area contributed by atoms with Crippen molar-refractivity contribution in [1.82, 2.24) is 34.5 Å². The Balaban J connectivity index is 2.06. The van der Waals surface area contributed by atoms with Crippen LogP contribution in [-0.2, 0) is 14.1 Å². The van der Waals surface area contributed by atoms with Crippen molar-refractivity contribution in [2.45, 2.75) is 13.8 Å². The summed E-state index contributed by atoms with van der Waals surface area (Å²) < 4.78 is 3.55. The number of fused-ring (bicyclic) bond motifs is 4. The van der Waals surface area contributed by atoms with Crippen LogP contribution in [-0.4, -0.2) is 34.5 Å². The Morgan fingerprint density at radius 2 is 1.00 bits per heavy atom. The molecule has 0 spiro atoms. The molecule has 7 nitrogen and oxygen atoms in total. The number of benzene rings is 1. The van der Waals surface area contributed by atoms with E-state index in [1.165, 1.54) is 0 Å². The summed E-state index contributed by atoms with van der Waals surface area (Å²) in [4.78, 5) is 14.5. The van der Waals surface area contributed by atoms with Crippen molar-refractivity contribution in [2.24, 2.45) is 14.1 Å². The van der Waals surface area contributed by atoms with E-state index in [0.29, 0.717) is 0 Å². The highest BCUT2D eigenvalue weighted by Crippen LogP contribution is 2.23. The van der Waals surface area contributed by atoms with Crippen LogP contribution in [0.5, 0.6) is 0 Å². The van der Waals surface area contributed by atoms with E-state index in [2.05, 4.69) is 24.3 Å². The molecule has 148 valence electrons. The first-order chi connectivity index (χ1) is 14.5. The molecule has 0 atom stereocenters. The van der Waals surface area contributed by atoms with E-state index in [1.807, 2.05) is 58.3 Å². The van der Waals surface area contributed by atoms with Gasteiger partial charge in [0.2, 0.25) is 0 Å². The third-order valence-electron chi connectivity index (χ3n) is 5.24. The molecule has 0 fully saturated rings. The molecule has 0 radical (unpaired) electrons. The first kappa shape index (κ1) is 18.2. The molecule has 0 aliphatic heterocycles. The van der Waals surface area contributed by atoms with Gasteiger partial charge >= 0.3 is 0 Å². The predicted octanol–water partition coefficient (Wildman–Crippen LogP) is 4.25. The van der Waals surface area contributed by atoms with E-state index in [-0.39, 0.29) is 0 Å². The second kappa shape index (κ2) is 6.88. The maximum Gasteiger partial charge on any atom is 0.149 e. The maximum absolute atomic E-state index is 4.89. The highest BCUT2D eigenvalue weighted by Gasteiger charge is 2.06. The second-order valence-electron chi connectivity index (χ2n) is 7.37. The minimum atomic E-state index is 0.744. The Morgan fingerprint density at radius 1 is 0.567 bits per heavy atom. The van der Waals surface area contributed by atoms with Crippen LogP contribution in [0.25, 0.3) is 44.1 Å². The lowest BCUT2D eigenvalue weighted by molar-refractivity contribution is 0.753. The standard InChI is InChI=1S/C23H21N7/c1-14-18-6-5-7-19(24-18)15(2)28-30(4)21-13-11-17-9-8-16-10-12-20(29(3)27-14)25-22(16)23(17)26-21/h5-13H,1-4H3. The zero-order valence-electron chi connectivity index (χ0n) is 17.3. The smallest absolute Gasteiger partial charge is 0.149 e. The largest absolute Gasteiger partial charge is 0.251 e. The molecule has 0 saturated heterocycles. The molecule has 0 aliphatic rings. The average Bonchev–Trinajstić information content (AvgIpc) is 2.77. The highest BCUT2D eigenvalue weighted by molar-refractivity contribution is 6.04. The van der Waals surface area contributed by atoms with Crippen molar-refractivity contribution in [3.05, 3.63) is 66.0 Å². The predicted molar refractivity (Wildman–Crippen MR) is 119 cm³/mol. The van der Waals surface area contributed by atoms with Gasteiger partial charge in [0.25, 0.3) is 0 Å². The lowest BCUT2D eigenvalue weighted by Crippen LogP contribution is -2.00. The van der Waals surface area contributed by atoms with Crippen LogP contribution in [0, 0.1) is 13.8 Å². The molecule has 1 aromatic carbocycles. The maximum atomic E-state index is 4.89. The summed E-state index contributed by atoms with van der Waals surface area (Å²) in [6.07, 6.45) is 0. The summed E-state index contributed by atoms with van der Waals surface area (Å²) in [5, 5.41) is 11.5. The van der Waals surface area contributed by atoms with Gasteiger partial charge in [-0.25, -0.2) is 15.0 Å². The topological polar surface area (TPSA) is 74.3 Å². The molecule has 5 aromatic rings. The molecule has 6 bridgehead atoms. The fourth-order valence-corrected chi connectivity index (χ4v) is 3.60. The van der Waals surface area contributed by atoms with Crippen LogP contribution in [0.2, 0.25) is 0 Å². The van der Waals surface area contributed by atoms with Crippen LogP contribution in [0.1, 0.15) is 11.4 Å². The van der Waals surface area contributed by atoms with Crippen LogP contribution in [0.4, 0.5) is 0 Å². The zero-order valence-corrected chi connectivity index (χ0v) is 17.3. The van der Waals surface area contributed by atoms with Gasteiger partial charge < -0.3 is 0 Å². The van der Waals surface area contributed by atoms with Gasteiger partial charge in [-0.2, -0.15) is 10.2 Å². The minimum Gasteiger partial charge on any atom is -0.251 e. The summed E-state index contributed by atoms with van der Waals surface area (Å²) in [7, 11) is 3.79. The number of rotatable bonds is 0. The normalized spacial score (nSPS) is 11.3. The van der Waals surface area contributed by atoms with Crippen LogP contribution < -0.4 is 0 Å². The van der Waals surface area contributed by atoms with Gasteiger partial charge in [0.15, 0.2) is 0 Å². The van der Waals surface area contributed by atoms with Crippen LogP contribution in [0.15, 0.2) is 54.6 Å². The Morgan fingerprint density at radius 3 is 1.47 bits per heavy atom. The molecule has 0 aliphatic carbocycles. The summed E-state index contributed by atoms with van der Waals surface area (Å²) in [6, 6.07) is 18.1. The van der Waals surface area contributed by atoms with Gasteiger partial charge in [0.05, 0.1) is 33.5 Å². The average molecular weight is 395 g/mol. The molecular formula is C23H21N7. The molecule has 4 heterocycles. The molecular weight excluding hydrogens is 374 g/mol. The molecule has 7 heteroatoms. The molecule has 0 unspecified atom stereocenters. The Kier molecular flexibility index (Phi) is 4.17. The second-order valence-corrected chi connectivity index (χ2v) is 7.37. The van der Waals surface area contributed by atoms with Crippen LogP contribution >= 0.6 is 0 Å². The number of pyridine rings is 3. The zero-order chi connectivity index (χ0) is 20.8. The molecule has 4 aromatic heterocycles. The lowest BCUT2D eigenvalue weighted by atomic mass is 10.1. The van der Waals surface area contributed by atoms with E-state index in [1.54, 1.807) is 9.36 Å². The first-order valence-corrected chi connectivity index (χ1v) is 9.76. The summed E-state index contributed by atoms with van der Waals surface area (Å²) >= 11 is 0. The van der Waals surface area contributed by atoms with Crippen molar-refractivity contribution < 1.29 is 0 Å². The van der Waals surface area contributed by atoms with Gasteiger partial charge in [0.1, 0.15) is 11.3 Å². The number of aromatic nitrogens is 7. The highest BCUT2D eigenvalue weighted by atomic mass is 15.3. The first-order valence-electron chi connectivity index (χ1n) is 9.76. The minimum absolute atomic E-state index is 0.744. The van der Waals surface area contributed by atoms with Crippen molar-refractivity contribution in [3.8, 4) is 0 Å². The fourth-order valence-electron chi connectivity index (χ4n) is 3.60. The molecule has 0 N–H and O–H groups in total. The van der Waals surface area contributed by atoms with Crippen molar-refractivity contribution in [1.29, 1.82) is 0 Å². The van der Waals surface area contributed by atoms with Crippen molar-refractivity contribution >= 4 is 44.1 Å². The number of hydrogen-bond donors (Lipinski definition) is 0. The third kappa shape index (κ3) is 3.04. The van der Waals surface area contributed by atoms with Crippen molar-refractivity contribution in [3.63, 3.8) is 0 Å². The third-order valence-corrected chi connectivity index (χ3v) is 5.24. The molecule has 30 heavy (non-hydrogen) atoms. The number of aryl methyl sites for hydroxylation is 4. The van der Waals surface area contributed by atoms with E-state index < -0.39 is 0 Å². The molecule has 5 rings (SSSR count). The summed E-state index contributed by atoms with van der Waals surface area (Å²) in [5.74, 6) is 0. The SMILES string of the molecule is Cc1nn(C)c2ccc3ccc4ccc(nc4c3n2)n(C)nc(C)c2cccc1n2. The fraction of sp³-hybridized carbons (Fsp3) is 0.174. The molecule has 0 saturated carbocycles. The van der Waals surface area contributed by atoms with E-state index in [4.69, 9.17) is 25.1 Å². The van der Waals surface area contributed by atoms with Gasteiger partial charge in [-0.3, -0.25) is 9.36 Å². The Hall–Kier alpha value is -3.87. The Bertz CT molecular complexity index is 1430. The Labute approximate surface area is 173 Å². The van der Waals surface area contributed by atoms with Crippen LogP contribution in [0.3, 0.4) is 0 Å². The molecule has 0 amide bonds. The number of hydrogen-bond acceptors (Lipinski definition) is 5. The van der Waals surface area contributed by atoms with Gasteiger partial charge in [0, 0.05) is 24.9 Å². The van der Waals surface area contributed by atoms with Gasteiger partial charge in [-0.1, -0.05) is 18.2 Å². The van der Waals surface area contributed by atoms with E-state index >= 15 is 0 Å². The van der Waals surface area contributed by atoms with Gasteiger partial charge in [-0.05, 0) is 50.2 Å². The summed E-state index contributed by atoms with van der Waals surface area (Å²) in [5.41, 5.74) is 6.37.